The maximum absolute atomic E-state index is 12.5. The van der Waals surface area contributed by atoms with Crippen molar-refractivity contribution in [3.8, 4) is 5.75 Å². The zero-order chi connectivity index (χ0) is 22.4. The Labute approximate surface area is 185 Å². The van der Waals surface area contributed by atoms with Crippen molar-refractivity contribution in [3.63, 3.8) is 0 Å². The lowest BCUT2D eigenvalue weighted by Crippen LogP contribution is -2.49. The standard InChI is InChI=1S/C26H33NO4/c1-19-17-27(18-22(25(29)30-4)15-21-9-6-5-7-10-21)14-13-26(19,3)23-11-8-12-24(16-23)31-20(2)28/h5-12,16,19,22H,13-15,17-18H2,1-4H3/t19-,22-,26+/m0/s1. The van der Waals surface area contributed by atoms with E-state index in [2.05, 4.69) is 36.9 Å². The normalized spacial score (nSPS) is 22.5. The van der Waals surface area contributed by atoms with Crippen LogP contribution in [0.3, 0.4) is 0 Å². The third kappa shape index (κ3) is 5.73. The molecule has 0 unspecified atom stereocenters. The summed E-state index contributed by atoms with van der Waals surface area (Å²) in [5, 5.41) is 0. The minimum Gasteiger partial charge on any atom is -0.469 e. The van der Waals surface area contributed by atoms with Crippen LogP contribution in [0.1, 0.15) is 38.3 Å². The average molecular weight is 424 g/mol. The van der Waals surface area contributed by atoms with E-state index in [1.165, 1.54) is 19.6 Å². The van der Waals surface area contributed by atoms with Crippen molar-refractivity contribution in [2.45, 2.75) is 39.0 Å². The summed E-state index contributed by atoms with van der Waals surface area (Å²) in [6, 6.07) is 18.0. The van der Waals surface area contributed by atoms with Gasteiger partial charge in [0.05, 0.1) is 13.0 Å². The number of rotatable bonds is 7. The molecular formula is C26H33NO4. The molecule has 2 aromatic rings. The largest absolute Gasteiger partial charge is 0.469 e. The van der Waals surface area contributed by atoms with E-state index < -0.39 is 0 Å². The number of hydrogen-bond acceptors (Lipinski definition) is 5. The van der Waals surface area contributed by atoms with Crippen molar-refractivity contribution in [1.82, 2.24) is 4.90 Å². The van der Waals surface area contributed by atoms with Crippen LogP contribution in [0.2, 0.25) is 0 Å². The molecule has 166 valence electrons. The van der Waals surface area contributed by atoms with Crippen LogP contribution in [0.15, 0.2) is 54.6 Å². The van der Waals surface area contributed by atoms with Gasteiger partial charge in [-0.25, -0.2) is 0 Å². The van der Waals surface area contributed by atoms with Crippen molar-refractivity contribution < 1.29 is 19.1 Å². The van der Waals surface area contributed by atoms with Gasteiger partial charge in [-0.05, 0) is 54.0 Å². The van der Waals surface area contributed by atoms with Crippen LogP contribution in [0.25, 0.3) is 0 Å². The zero-order valence-electron chi connectivity index (χ0n) is 19.0. The van der Waals surface area contributed by atoms with Crippen LogP contribution in [0, 0.1) is 11.8 Å². The molecule has 0 bridgehead atoms. The highest BCUT2D eigenvalue weighted by molar-refractivity contribution is 5.73. The first-order valence-corrected chi connectivity index (χ1v) is 10.9. The fourth-order valence-electron chi connectivity index (χ4n) is 4.59. The Morgan fingerprint density at radius 3 is 2.55 bits per heavy atom. The average Bonchev–Trinajstić information content (AvgIpc) is 2.76. The molecule has 0 saturated carbocycles. The molecule has 1 heterocycles. The second-order valence-electron chi connectivity index (χ2n) is 8.86. The van der Waals surface area contributed by atoms with Crippen LogP contribution in [0.4, 0.5) is 0 Å². The first-order valence-electron chi connectivity index (χ1n) is 10.9. The summed E-state index contributed by atoms with van der Waals surface area (Å²) in [5.74, 6) is 0.325. The van der Waals surface area contributed by atoms with Gasteiger partial charge in [-0.1, -0.05) is 56.3 Å². The predicted molar refractivity (Wildman–Crippen MR) is 121 cm³/mol. The highest BCUT2D eigenvalue weighted by Crippen LogP contribution is 2.40. The molecule has 0 aliphatic carbocycles. The lowest BCUT2D eigenvalue weighted by Gasteiger charge is -2.45. The second kappa shape index (κ2) is 10.1. The SMILES string of the molecule is COC(=O)[C@@H](Cc1ccccc1)CN1CC[C@@](C)(c2cccc(OC(C)=O)c2)[C@@H](C)C1. The highest BCUT2D eigenvalue weighted by Gasteiger charge is 2.39. The summed E-state index contributed by atoms with van der Waals surface area (Å²) < 4.78 is 10.4. The molecule has 0 amide bonds. The van der Waals surface area contributed by atoms with Crippen LogP contribution >= 0.6 is 0 Å². The fourth-order valence-corrected chi connectivity index (χ4v) is 4.59. The highest BCUT2D eigenvalue weighted by atomic mass is 16.5. The zero-order valence-corrected chi connectivity index (χ0v) is 19.0. The molecule has 3 atom stereocenters. The van der Waals surface area contributed by atoms with Gasteiger partial charge >= 0.3 is 11.9 Å². The van der Waals surface area contributed by atoms with Gasteiger partial charge < -0.3 is 14.4 Å². The van der Waals surface area contributed by atoms with E-state index in [-0.39, 0.29) is 23.3 Å². The number of ether oxygens (including phenoxy) is 2. The van der Waals surface area contributed by atoms with Gasteiger partial charge in [0.2, 0.25) is 0 Å². The number of methoxy groups -OCH3 is 1. The Bertz CT molecular complexity index is 897. The molecule has 1 fully saturated rings. The van der Waals surface area contributed by atoms with E-state index in [1.807, 2.05) is 36.4 Å². The van der Waals surface area contributed by atoms with E-state index in [4.69, 9.17) is 9.47 Å². The van der Waals surface area contributed by atoms with Gasteiger partial charge in [0, 0.05) is 20.0 Å². The Hall–Kier alpha value is -2.66. The Morgan fingerprint density at radius 1 is 1.16 bits per heavy atom. The third-order valence-corrected chi connectivity index (χ3v) is 6.66. The number of nitrogens with zero attached hydrogens (tertiary/aromatic N) is 1. The van der Waals surface area contributed by atoms with E-state index in [0.29, 0.717) is 24.6 Å². The number of likely N-dealkylation sites (tertiary alicyclic amines) is 1. The summed E-state index contributed by atoms with van der Waals surface area (Å²) in [6.07, 6.45) is 1.65. The van der Waals surface area contributed by atoms with Gasteiger partial charge in [0.25, 0.3) is 0 Å². The molecule has 31 heavy (non-hydrogen) atoms. The number of benzene rings is 2. The molecule has 2 aromatic carbocycles. The summed E-state index contributed by atoms with van der Waals surface area (Å²) >= 11 is 0. The Balaban J connectivity index is 1.69. The molecule has 0 aromatic heterocycles. The van der Waals surface area contributed by atoms with Crippen LogP contribution in [-0.4, -0.2) is 43.6 Å². The van der Waals surface area contributed by atoms with Crippen LogP contribution in [0.5, 0.6) is 5.75 Å². The molecule has 5 heteroatoms. The van der Waals surface area contributed by atoms with Crippen molar-refractivity contribution in [3.05, 3.63) is 65.7 Å². The fraction of sp³-hybridized carbons (Fsp3) is 0.462. The molecule has 1 aliphatic rings. The van der Waals surface area contributed by atoms with E-state index in [1.54, 1.807) is 0 Å². The number of carbonyl (C=O) groups excluding carboxylic acids is 2. The molecule has 3 rings (SSSR count). The third-order valence-electron chi connectivity index (χ3n) is 6.66. The van der Waals surface area contributed by atoms with Crippen molar-refractivity contribution in [1.29, 1.82) is 0 Å². The molecule has 1 aliphatic heterocycles. The smallest absolute Gasteiger partial charge is 0.310 e. The first-order chi connectivity index (χ1) is 14.8. The summed E-state index contributed by atoms with van der Waals surface area (Å²) in [5.41, 5.74) is 2.31. The van der Waals surface area contributed by atoms with Crippen LogP contribution in [-0.2, 0) is 26.2 Å². The van der Waals surface area contributed by atoms with Gasteiger partial charge in [-0.15, -0.1) is 0 Å². The van der Waals surface area contributed by atoms with Gasteiger partial charge in [0.1, 0.15) is 5.75 Å². The van der Waals surface area contributed by atoms with Crippen molar-refractivity contribution in [2.24, 2.45) is 11.8 Å². The lowest BCUT2D eigenvalue weighted by atomic mass is 9.68. The molecule has 1 saturated heterocycles. The molecule has 0 spiro atoms. The molecule has 0 radical (unpaired) electrons. The van der Waals surface area contributed by atoms with Gasteiger partial charge in [-0.3, -0.25) is 9.59 Å². The minimum atomic E-state index is -0.308. The maximum atomic E-state index is 12.5. The summed E-state index contributed by atoms with van der Waals surface area (Å²) in [7, 11) is 1.46. The van der Waals surface area contributed by atoms with E-state index >= 15 is 0 Å². The number of esters is 2. The maximum Gasteiger partial charge on any atom is 0.310 e. The molecule has 5 nitrogen and oxygen atoms in total. The van der Waals surface area contributed by atoms with Crippen LogP contribution < -0.4 is 4.74 Å². The van der Waals surface area contributed by atoms with E-state index in [0.717, 1.165) is 25.1 Å². The van der Waals surface area contributed by atoms with Gasteiger partial charge in [-0.2, -0.15) is 0 Å². The Morgan fingerprint density at radius 2 is 1.90 bits per heavy atom. The molecule has 0 N–H and O–H groups in total. The topological polar surface area (TPSA) is 55.8 Å². The van der Waals surface area contributed by atoms with E-state index in [9.17, 15) is 9.59 Å². The Kier molecular flexibility index (Phi) is 7.50. The molecular weight excluding hydrogens is 390 g/mol. The minimum absolute atomic E-state index is 0.0210. The number of hydrogen-bond donors (Lipinski definition) is 0. The van der Waals surface area contributed by atoms with Crippen molar-refractivity contribution in [2.75, 3.05) is 26.7 Å². The summed E-state index contributed by atoms with van der Waals surface area (Å²) in [6.45, 7) is 8.45. The first kappa shape index (κ1) is 23.0. The lowest BCUT2D eigenvalue weighted by molar-refractivity contribution is -0.146. The predicted octanol–water partition coefficient (Wildman–Crippen LogP) is 4.24. The second-order valence-corrected chi connectivity index (χ2v) is 8.86. The number of piperidine rings is 1. The monoisotopic (exact) mass is 423 g/mol. The number of carbonyl (C=O) groups is 2. The summed E-state index contributed by atoms with van der Waals surface area (Å²) in [4.78, 5) is 26.2. The quantitative estimate of drug-likeness (QED) is 0.492. The van der Waals surface area contributed by atoms with Crippen molar-refractivity contribution >= 4 is 11.9 Å². The van der Waals surface area contributed by atoms with Gasteiger partial charge in [0.15, 0.2) is 0 Å².